The Morgan fingerprint density at radius 3 is 2.05 bits per heavy atom. The Kier molecular flexibility index (Phi) is 2.61. The zero-order chi connectivity index (χ0) is 15.7. The molecule has 0 aromatic rings. The largest absolute Gasteiger partial charge is 0.481 e. The summed E-state index contributed by atoms with van der Waals surface area (Å²) in [4.78, 5) is 46.5. The predicted molar refractivity (Wildman–Crippen MR) is 63.0 cm³/mol. The number of rotatable bonds is 3. The lowest BCUT2D eigenvalue weighted by molar-refractivity contribution is -0.192. The Balaban J connectivity index is 2.17. The van der Waals surface area contributed by atoms with Gasteiger partial charge in [0.1, 0.15) is 5.60 Å². The van der Waals surface area contributed by atoms with Crippen molar-refractivity contribution in [3.63, 3.8) is 0 Å². The third-order valence-corrected chi connectivity index (χ3v) is 5.28. The Bertz CT molecular complexity index is 569. The summed E-state index contributed by atoms with van der Waals surface area (Å²) >= 11 is 0. The summed E-state index contributed by atoms with van der Waals surface area (Å²) in [6, 6.07) is 0. The monoisotopic (exact) mass is 298 g/mol. The van der Waals surface area contributed by atoms with E-state index in [9.17, 15) is 34.5 Å². The molecule has 3 N–H and O–H groups in total. The molecule has 8 heteroatoms. The molecular weight excluding hydrogens is 284 g/mol. The van der Waals surface area contributed by atoms with Gasteiger partial charge in [0.05, 0.1) is 23.7 Å². The smallest absolute Gasteiger partial charge is 0.310 e. The van der Waals surface area contributed by atoms with Crippen LogP contribution in [-0.2, 0) is 23.9 Å². The van der Waals surface area contributed by atoms with E-state index in [4.69, 9.17) is 4.74 Å². The molecule has 4 bridgehead atoms. The van der Waals surface area contributed by atoms with E-state index in [0.717, 1.165) is 0 Å². The van der Waals surface area contributed by atoms with Crippen LogP contribution in [0, 0.1) is 35.5 Å². The van der Waals surface area contributed by atoms with Crippen LogP contribution < -0.4 is 0 Å². The fourth-order valence-electron chi connectivity index (χ4n) is 4.73. The molecule has 0 amide bonds. The predicted octanol–water partition coefficient (Wildman–Crippen LogP) is -0.330. The molecule has 114 valence electrons. The number of carboxylic acids is 3. The van der Waals surface area contributed by atoms with Gasteiger partial charge in [-0.2, -0.15) is 0 Å². The van der Waals surface area contributed by atoms with Crippen molar-refractivity contribution in [3.05, 3.63) is 0 Å². The molecule has 0 spiro atoms. The second kappa shape index (κ2) is 3.96. The van der Waals surface area contributed by atoms with Crippen LogP contribution in [0.5, 0.6) is 0 Å². The maximum Gasteiger partial charge on any atom is 0.310 e. The third-order valence-electron chi connectivity index (χ3n) is 5.28. The van der Waals surface area contributed by atoms with Crippen LogP contribution in [0.2, 0.25) is 0 Å². The number of carbonyl (C=O) groups is 4. The molecular formula is C13H14O8. The summed E-state index contributed by atoms with van der Waals surface area (Å²) in [5, 5.41) is 28.1. The van der Waals surface area contributed by atoms with Gasteiger partial charge in [0.15, 0.2) is 0 Å². The number of carbonyl (C=O) groups excluding carboxylic acids is 1. The van der Waals surface area contributed by atoms with E-state index in [1.165, 1.54) is 0 Å². The van der Waals surface area contributed by atoms with Gasteiger partial charge in [-0.1, -0.05) is 0 Å². The molecule has 1 heterocycles. The molecule has 0 radical (unpaired) electrons. The van der Waals surface area contributed by atoms with Crippen LogP contribution in [0.4, 0.5) is 0 Å². The maximum absolute atomic E-state index is 12.0. The average Bonchev–Trinajstić information content (AvgIpc) is 2.54. The van der Waals surface area contributed by atoms with E-state index in [0.29, 0.717) is 0 Å². The summed E-state index contributed by atoms with van der Waals surface area (Å²) in [6.07, 6.45) is 0.0671. The number of hydrogen-bond acceptors (Lipinski definition) is 5. The maximum atomic E-state index is 12.0. The van der Waals surface area contributed by atoms with E-state index in [1.54, 1.807) is 6.92 Å². The van der Waals surface area contributed by atoms with Crippen molar-refractivity contribution in [2.24, 2.45) is 35.5 Å². The number of aliphatic carboxylic acids is 3. The van der Waals surface area contributed by atoms with Gasteiger partial charge in [0, 0.05) is 5.92 Å². The van der Waals surface area contributed by atoms with Crippen molar-refractivity contribution in [2.45, 2.75) is 18.9 Å². The first-order chi connectivity index (χ1) is 9.69. The van der Waals surface area contributed by atoms with Crippen LogP contribution in [0.15, 0.2) is 0 Å². The van der Waals surface area contributed by atoms with Gasteiger partial charge >= 0.3 is 23.9 Å². The number of esters is 1. The summed E-state index contributed by atoms with van der Waals surface area (Å²) in [5.74, 6) is -11.4. The third kappa shape index (κ3) is 1.55. The van der Waals surface area contributed by atoms with Crippen LogP contribution in [0.1, 0.15) is 13.3 Å². The van der Waals surface area contributed by atoms with Gasteiger partial charge in [-0.05, 0) is 19.3 Å². The molecule has 1 saturated heterocycles. The molecule has 3 saturated carbocycles. The quantitative estimate of drug-likeness (QED) is 0.602. The van der Waals surface area contributed by atoms with Crippen molar-refractivity contribution < 1.29 is 39.2 Å². The molecule has 0 aromatic heterocycles. The van der Waals surface area contributed by atoms with Crippen molar-refractivity contribution >= 4 is 23.9 Å². The summed E-state index contributed by atoms with van der Waals surface area (Å²) in [6.45, 7) is 1.56. The molecule has 1 aliphatic heterocycles. The zero-order valence-electron chi connectivity index (χ0n) is 11.1. The van der Waals surface area contributed by atoms with E-state index < -0.39 is 65.0 Å². The van der Waals surface area contributed by atoms with Gasteiger partial charge in [0.2, 0.25) is 0 Å². The Labute approximate surface area is 118 Å². The lowest BCUT2D eigenvalue weighted by Gasteiger charge is -2.53. The summed E-state index contributed by atoms with van der Waals surface area (Å²) in [7, 11) is 0. The molecule has 7 atom stereocenters. The molecule has 3 aliphatic carbocycles. The first kappa shape index (κ1) is 13.8. The minimum Gasteiger partial charge on any atom is -0.481 e. The highest BCUT2D eigenvalue weighted by Crippen LogP contribution is 2.63. The zero-order valence-corrected chi connectivity index (χ0v) is 11.1. The van der Waals surface area contributed by atoms with Gasteiger partial charge in [-0.15, -0.1) is 0 Å². The molecule has 8 nitrogen and oxygen atoms in total. The van der Waals surface area contributed by atoms with Crippen molar-refractivity contribution in [1.29, 1.82) is 0 Å². The average molecular weight is 298 g/mol. The fraction of sp³-hybridized carbons (Fsp3) is 0.692. The number of carboxylic acid groups (broad SMARTS) is 3. The fourth-order valence-corrected chi connectivity index (χ4v) is 4.73. The van der Waals surface area contributed by atoms with Crippen LogP contribution in [0.25, 0.3) is 0 Å². The van der Waals surface area contributed by atoms with Gasteiger partial charge in [-0.25, -0.2) is 0 Å². The van der Waals surface area contributed by atoms with Gasteiger partial charge < -0.3 is 20.1 Å². The first-order valence-electron chi connectivity index (χ1n) is 6.60. The Morgan fingerprint density at radius 2 is 1.57 bits per heavy atom. The SMILES string of the molecule is CC12CC3C(C(=O)O)C(C(=O)O)C1C(C(=O)O2)C3C(=O)O. The lowest BCUT2D eigenvalue weighted by Crippen LogP contribution is -2.63. The molecule has 4 aliphatic rings. The number of ether oxygens (including phenoxy) is 1. The van der Waals surface area contributed by atoms with Crippen LogP contribution in [0.3, 0.4) is 0 Å². The molecule has 21 heavy (non-hydrogen) atoms. The minimum absolute atomic E-state index is 0.0671. The van der Waals surface area contributed by atoms with Crippen molar-refractivity contribution in [3.8, 4) is 0 Å². The topological polar surface area (TPSA) is 138 Å². The van der Waals surface area contributed by atoms with Gasteiger partial charge in [0.25, 0.3) is 0 Å². The highest BCUT2D eigenvalue weighted by molar-refractivity contribution is 5.90. The second-order valence-electron chi connectivity index (χ2n) is 6.25. The lowest BCUT2D eigenvalue weighted by atomic mass is 9.47. The highest BCUT2D eigenvalue weighted by Gasteiger charge is 2.74. The van der Waals surface area contributed by atoms with E-state index >= 15 is 0 Å². The number of hydrogen-bond donors (Lipinski definition) is 3. The molecule has 4 fully saturated rings. The summed E-state index contributed by atoms with van der Waals surface area (Å²) in [5.41, 5.74) is -1.09. The van der Waals surface area contributed by atoms with E-state index in [2.05, 4.69) is 0 Å². The van der Waals surface area contributed by atoms with Crippen molar-refractivity contribution in [2.75, 3.05) is 0 Å². The molecule has 4 rings (SSSR count). The van der Waals surface area contributed by atoms with E-state index in [1.807, 2.05) is 0 Å². The molecule has 7 unspecified atom stereocenters. The summed E-state index contributed by atoms with van der Waals surface area (Å²) < 4.78 is 5.24. The molecule has 0 aromatic carbocycles. The first-order valence-corrected chi connectivity index (χ1v) is 6.60. The normalized spacial score (nSPS) is 47.0. The Morgan fingerprint density at radius 1 is 1.05 bits per heavy atom. The van der Waals surface area contributed by atoms with Crippen LogP contribution >= 0.6 is 0 Å². The highest BCUT2D eigenvalue weighted by atomic mass is 16.6. The van der Waals surface area contributed by atoms with Gasteiger partial charge in [-0.3, -0.25) is 19.2 Å². The van der Waals surface area contributed by atoms with E-state index in [-0.39, 0.29) is 6.42 Å². The number of fused-ring (bicyclic) bond motifs is 1. The van der Waals surface area contributed by atoms with Crippen LogP contribution in [-0.4, -0.2) is 44.8 Å². The standard InChI is InChI=1S/C13H14O8/c1-13-2-3-4(9(14)15)6(11(18)19)8(13)7(12(20)21-13)5(3)10(16)17/h3-8H,2H2,1H3,(H,14,15)(H,16,17)(H,18,19). The minimum atomic E-state index is -1.33. The van der Waals surface area contributed by atoms with Crippen molar-refractivity contribution in [1.82, 2.24) is 0 Å². The Hall–Kier alpha value is -2.12. The second-order valence-corrected chi connectivity index (χ2v) is 6.25.